The molecule has 0 saturated heterocycles. The Morgan fingerprint density at radius 1 is 1.20 bits per heavy atom. The third-order valence-electron chi connectivity index (χ3n) is 4.62. The number of methoxy groups -OCH3 is 1. The Labute approximate surface area is 149 Å². The van der Waals surface area contributed by atoms with E-state index in [1.165, 1.54) is 56.6 Å². The first-order valence-corrected chi connectivity index (χ1v) is 8.95. The highest BCUT2D eigenvalue weighted by Crippen LogP contribution is 2.35. The predicted molar refractivity (Wildman–Crippen MR) is 96.7 cm³/mol. The van der Waals surface area contributed by atoms with Gasteiger partial charge in [0, 0.05) is 12.5 Å². The van der Waals surface area contributed by atoms with Gasteiger partial charge in [-0.2, -0.15) is 0 Å². The van der Waals surface area contributed by atoms with Gasteiger partial charge in [-0.25, -0.2) is 4.79 Å². The van der Waals surface area contributed by atoms with Crippen LogP contribution in [0.2, 0.25) is 0 Å². The molecule has 138 valence electrons. The standard InChI is InChI=1S/C13H16N2O4.C6H12/c1-14-7-12(17)15-10-6-9(16)4-3-8(10)5-11(15)13(18)19-2;1-2-4-6-5-3-1/h3-4,6,11,14,16H,5,7H2,1-2H3;1-6H2. The molecule has 6 heteroatoms. The Kier molecular flexibility index (Phi) is 7.25. The zero-order valence-corrected chi connectivity index (χ0v) is 15.1. The number of carbonyl (C=O) groups is 2. The van der Waals surface area contributed by atoms with Crippen LogP contribution in [0.15, 0.2) is 18.2 Å². The van der Waals surface area contributed by atoms with Crippen LogP contribution in [0.25, 0.3) is 0 Å². The Bertz CT molecular complexity index is 588. The van der Waals surface area contributed by atoms with Crippen LogP contribution in [0, 0.1) is 0 Å². The van der Waals surface area contributed by atoms with E-state index < -0.39 is 12.0 Å². The normalized spacial score (nSPS) is 18.8. The van der Waals surface area contributed by atoms with Gasteiger partial charge in [0.1, 0.15) is 11.8 Å². The summed E-state index contributed by atoms with van der Waals surface area (Å²) in [6.07, 6.45) is 9.40. The zero-order chi connectivity index (χ0) is 18.2. The third-order valence-corrected chi connectivity index (χ3v) is 4.62. The first-order chi connectivity index (χ1) is 12.1. The van der Waals surface area contributed by atoms with E-state index >= 15 is 0 Å². The van der Waals surface area contributed by atoms with Crippen molar-refractivity contribution < 1.29 is 19.4 Å². The number of phenolic OH excluding ortho intramolecular Hbond substituents is 1. The van der Waals surface area contributed by atoms with Crippen LogP contribution >= 0.6 is 0 Å². The lowest BCUT2D eigenvalue weighted by atomic mass is 10.0. The number of phenols is 1. The number of esters is 1. The number of benzene rings is 1. The number of nitrogens with zero attached hydrogens (tertiary/aromatic N) is 1. The number of hydrogen-bond donors (Lipinski definition) is 2. The van der Waals surface area contributed by atoms with Gasteiger partial charge in [0.15, 0.2) is 0 Å². The summed E-state index contributed by atoms with van der Waals surface area (Å²) in [5.74, 6) is -0.631. The zero-order valence-electron chi connectivity index (χ0n) is 15.1. The van der Waals surface area contributed by atoms with Crippen molar-refractivity contribution >= 4 is 17.6 Å². The van der Waals surface area contributed by atoms with Gasteiger partial charge in [-0.3, -0.25) is 9.69 Å². The number of amides is 1. The fourth-order valence-electron chi connectivity index (χ4n) is 3.35. The predicted octanol–water partition coefficient (Wildman–Crippen LogP) is 2.38. The van der Waals surface area contributed by atoms with E-state index in [0.717, 1.165) is 5.56 Å². The molecule has 1 aliphatic carbocycles. The highest BCUT2D eigenvalue weighted by atomic mass is 16.5. The lowest BCUT2D eigenvalue weighted by molar-refractivity contribution is -0.143. The van der Waals surface area contributed by atoms with Crippen molar-refractivity contribution in [3.63, 3.8) is 0 Å². The van der Waals surface area contributed by atoms with Gasteiger partial charge in [-0.15, -0.1) is 0 Å². The maximum atomic E-state index is 12.1. The molecule has 1 unspecified atom stereocenters. The highest BCUT2D eigenvalue weighted by Gasteiger charge is 2.38. The van der Waals surface area contributed by atoms with E-state index in [2.05, 4.69) is 5.32 Å². The molecule has 1 saturated carbocycles. The summed E-state index contributed by atoms with van der Waals surface area (Å²) in [5, 5.41) is 12.3. The summed E-state index contributed by atoms with van der Waals surface area (Å²) < 4.78 is 4.74. The lowest BCUT2D eigenvalue weighted by Gasteiger charge is -2.23. The van der Waals surface area contributed by atoms with E-state index in [0.29, 0.717) is 12.1 Å². The van der Waals surface area contributed by atoms with Crippen molar-refractivity contribution in [1.82, 2.24) is 5.32 Å². The minimum absolute atomic E-state index is 0.0616. The number of hydrogen-bond acceptors (Lipinski definition) is 5. The molecule has 1 aromatic rings. The van der Waals surface area contributed by atoms with E-state index in [4.69, 9.17) is 4.74 Å². The van der Waals surface area contributed by atoms with Crippen LogP contribution < -0.4 is 10.2 Å². The summed E-state index contributed by atoms with van der Waals surface area (Å²) in [6, 6.07) is 4.08. The molecule has 1 atom stereocenters. The van der Waals surface area contributed by atoms with Crippen molar-refractivity contribution in [2.45, 2.75) is 51.0 Å². The molecular formula is C19H28N2O4. The quantitative estimate of drug-likeness (QED) is 0.820. The average molecular weight is 348 g/mol. The summed E-state index contributed by atoms with van der Waals surface area (Å²) >= 11 is 0. The molecule has 0 radical (unpaired) electrons. The first kappa shape index (κ1) is 19.2. The number of ether oxygens (including phenoxy) is 1. The molecular weight excluding hydrogens is 320 g/mol. The third kappa shape index (κ3) is 4.95. The molecule has 1 amide bonds. The van der Waals surface area contributed by atoms with Crippen LogP contribution in [0.1, 0.15) is 44.1 Å². The molecule has 3 rings (SSSR count). The Morgan fingerprint density at radius 3 is 2.32 bits per heavy atom. The first-order valence-electron chi connectivity index (χ1n) is 8.95. The summed E-state index contributed by atoms with van der Waals surface area (Å²) in [5.41, 5.74) is 1.41. The van der Waals surface area contributed by atoms with Gasteiger partial charge < -0.3 is 15.2 Å². The van der Waals surface area contributed by atoms with E-state index in [-0.39, 0.29) is 18.2 Å². The lowest BCUT2D eigenvalue weighted by Crippen LogP contribution is -2.46. The molecule has 1 fully saturated rings. The molecule has 2 N–H and O–H groups in total. The maximum Gasteiger partial charge on any atom is 0.329 e. The van der Waals surface area contributed by atoms with Crippen molar-refractivity contribution in [2.24, 2.45) is 0 Å². The topological polar surface area (TPSA) is 78.9 Å². The number of carbonyl (C=O) groups excluding carboxylic acids is 2. The number of rotatable bonds is 3. The van der Waals surface area contributed by atoms with Gasteiger partial charge in [0.25, 0.3) is 0 Å². The monoisotopic (exact) mass is 348 g/mol. The minimum Gasteiger partial charge on any atom is -0.508 e. The molecule has 25 heavy (non-hydrogen) atoms. The van der Waals surface area contributed by atoms with E-state index in [1.54, 1.807) is 19.2 Å². The molecule has 1 aromatic carbocycles. The van der Waals surface area contributed by atoms with Crippen molar-refractivity contribution in [3.8, 4) is 5.75 Å². The number of fused-ring (bicyclic) bond motifs is 1. The van der Waals surface area contributed by atoms with Crippen molar-refractivity contribution in [1.29, 1.82) is 0 Å². The van der Waals surface area contributed by atoms with Gasteiger partial charge in [-0.1, -0.05) is 44.6 Å². The van der Waals surface area contributed by atoms with Gasteiger partial charge >= 0.3 is 5.97 Å². The minimum atomic E-state index is -0.664. The van der Waals surface area contributed by atoms with Crippen LogP contribution in [0.3, 0.4) is 0 Å². The SMILES string of the molecule is C1CCCCC1.CNCC(=O)N1c2cc(O)ccc2CC1C(=O)OC. The van der Waals surface area contributed by atoms with Crippen LogP contribution in [-0.4, -0.2) is 43.7 Å². The van der Waals surface area contributed by atoms with Gasteiger partial charge in [0.05, 0.1) is 19.3 Å². The Balaban J connectivity index is 0.000000316. The van der Waals surface area contributed by atoms with Crippen LogP contribution in [0.5, 0.6) is 5.75 Å². The number of anilines is 1. The van der Waals surface area contributed by atoms with Gasteiger partial charge in [-0.05, 0) is 18.7 Å². The second-order valence-electron chi connectivity index (χ2n) is 6.47. The number of likely N-dealkylation sites (N-methyl/N-ethyl adjacent to an activating group) is 1. The Hall–Kier alpha value is -2.08. The molecule has 0 spiro atoms. The largest absolute Gasteiger partial charge is 0.508 e. The second-order valence-corrected chi connectivity index (χ2v) is 6.47. The van der Waals surface area contributed by atoms with Gasteiger partial charge in [0.2, 0.25) is 5.91 Å². The maximum absolute atomic E-state index is 12.1. The van der Waals surface area contributed by atoms with Crippen LogP contribution in [0.4, 0.5) is 5.69 Å². The number of aromatic hydroxyl groups is 1. The fourth-order valence-corrected chi connectivity index (χ4v) is 3.35. The van der Waals surface area contributed by atoms with Crippen molar-refractivity contribution in [3.05, 3.63) is 23.8 Å². The molecule has 0 aromatic heterocycles. The number of nitrogens with one attached hydrogen (secondary N) is 1. The Morgan fingerprint density at radius 2 is 1.80 bits per heavy atom. The summed E-state index contributed by atoms with van der Waals surface area (Å²) in [4.78, 5) is 25.3. The molecule has 2 aliphatic rings. The fraction of sp³-hybridized carbons (Fsp3) is 0.579. The summed E-state index contributed by atoms with van der Waals surface area (Å²) in [6.45, 7) is 0.114. The van der Waals surface area contributed by atoms with E-state index in [1.807, 2.05) is 0 Å². The molecule has 0 bridgehead atoms. The summed E-state index contributed by atoms with van der Waals surface area (Å²) in [7, 11) is 2.95. The van der Waals surface area contributed by atoms with Crippen molar-refractivity contribution in [2.75, 3.05) is 25.6 Å². The molecule has 6 nitrogen and oxygen atoms in total. The van der Waals surface area contributed by atoms with Crippen LogP contribution in [-0.2, 0) is 20.7 Å². The highest BCUT2D eigenvalue weighted by molar-refractivity contribution is 6.03. The average Bonchev–Trinajstić information content (AvgIpc) is 3.02. The second kappa shape index (κ2) is 9.42. The van der Waals surface area contributed by atoms with E-state index in [9.17, 15) is 14.7 Å². The molecule has 1 aliphatic heterocycles. The molecule has 1 heterocycles. The smallest absolute Gasteiger partial charge is 0.329 e.